The maximum atomic E-state index is 12.7. The second-order valence-electron chi connectivity index (χ2n) is 8.50. The highest BCUT2D eigenvalue weighted by molar-refractivity contribution is 5.74. The number of urea groups is 1. The summed E-state index contributed by atoms with van der Waals surface area (Å²) in [5.74, 6) is 3.25. The lowest BCUT2D eigenvalue weighted by atomic mass is 9.99. The van der Waals surface area contributed by atoms with Gasteiger partial charge in [0.15, 0.2) is 11.5 Å². The maximum absolute atomic E-state index is 12.7. The molecule has 2 aliphatic rings. The summed E-state index contributed by atoms with van der Waals surface area (Å²) in [5.41, 5.74) is 3.31. The molecule has 1 aromatic carbocycles. The first-order valence-electron chi connectivity index (χ1n) is 11.0. The van der Waals surface area contributed by atoms with E-state index in [1.807, 2.05) is 23.2 Å². The highest BCUT2D eigenvalue weighted by Gasteiger charge is 2.23. The van der Waals surface area contributed by atoms with Crippen molar-refractivity contribution in [1.82, 2.24) is 15.2 Å². The minimum atomic E-state index is -0.0606. The predicted molar refractivity (Wildman–Crippen MR) is 121 cm³/mol. The Bertz CT molecular complexity index is 908. The lowest BCUT2D eigenvalue weighted by molar-refractivity contribution is 0.191. The lowest BCUT2D eigenvalue weighted by Crippen LogP contribution is -2.42. The summed E-state index contributed by atoms with van der Waals surface area (Å²) >= 11 is 0. The number of aromatic nitrogens is 1. The average Bonchev–Trinajstić information content (AvgIpc) is 2.82. The van der Waals surface area contributed by atoms with Crippen molar-refractivity contribution >= 4 is 11.8 Å². The van der Waals surface area contributed by atoms with Gasteiger partial charge in [-0.15, -0.1) is 0 Å². The van der Waals surface area contributed by atoms with E-state index in [0.29, 0.717) is 25.4 Å². The molecule has 0 atom stereocenters. The Labute approximate surface area is 184 Å². The minimum absolute atomic E-state index is 0.0606. The van der Waals surface area contributed by atoms with E-state index in [2.05, 4.69) is 34.3 Å². The first kappa shape index (κ1) is 21.3. The quantitative estimate of drug-likeness (QED) is 0.794. The fraction of sp³-hybridized carbons (Fsp3) is 0.500. The first-order chi connectivity index (χ1) is 15.1. The number of carbonyl (C=O) groups excluding carboxylic acids is 1. The van der Waals surface area contributed by atoms with Crippen molar-refractivity contribution in [2.75, 3.05) is 38.8 Å². The molecular formula is C24H32N4O3. The molecule has 0 spiro atoms. The van der Waals surface area contributed by atoms with Crippen LogP contribution in [-0.4, -0.2) is 49.8 Å². The molecule has 7 heteroatoms. The van der Waals surface area contributed by atoms with Crippen LogP contribution in [-0.2, 0) is 19.5 Å². The fourth-order valence-electron chi connectivity index (χ4n) is 4.29. The van der Waals surface area contributed by atoms with Gasteiger partial charge in [0.25, 0.3) is 0 Å². The number of ether oxygens (including phenoxy) is 2. The molecule has 0 unspecified atom stereocenters. The zero-order valence-corrected chi connectivity index (χ0v) is 18.7. The molecule has 0 saturated carbocycles. The van der Waals surface area contributed by atoms with Gasteiger partial charge in [0.05, 0.1) is 14.2 Å². The molecule has 166 valence electrons. The van der Waals surface area contributed by atoms with Gasteiger partial charge in [0.2, 0.25) is 0 Å². The van der Waals surface area contributed by atoms with Gasteiger partial charge in [0.1, 0.15) is 5.82 Å². The summed E-state index contributed by atoms with van der Waals surface area (Å²) in [4.78, 5) is 21.5. The van der Waals surface area contributed by atoms with E-state index >= 15 is 0 Å². The number of hydrogen-bond acceptors (Lipinski definition) is 5. The van der Waals surface area contributed by atoms with Gasteiger partial charge >= 0.3 is 6.03 Å². The zero-order chi connectivity index (χ0) is 21.8. The number of hydrogen-bond donors (Lipinski definition) is 1. The Morgan fingerprint density at radius 1 is 1.10 bits per heavy atom. The Kier molecular flexibility index (Phi) is 6.49. The van der Waals surface area contributed by atoms with Crippen molar-refractivity contribution in [2.45, 2.75) is 39.3 Å². The smallest absolute Gasteiger partial charge is 0.317 e. The van der Waals surface area contributed by atoms with E-state index in [-0.39, 0.29) is 6.03 Å². The molecular weight excluding hydrogens is 392 g/mol. The second-order valence-corrected chi connectivity index (χ2v) is 8.50. The number of amides is 2. The third-order valence-corrected chi connectivity index (χ3v) is 6.37. The molecule has 2 aliphatic heterocycles. The number of fused-ring (bicyclic) bond motifs is 1. The summed E-state index contributed by atoms with van der Waals surface area (Å²) < 4.78 is 10.8. The molecule has 3 heterocycles. The number of methoxy groups -OCH3 is 2. The monoisotopic (exact) mass is 424 g/mol. The fourth-order valence-corrected chi connectivity index (χ4v) is 4.29. The molecule has 7 nitrogen and oxygen atoms in total. The standard InChI is InChI=1S/C24H32N4O3/c1-17-6-9-27(10-7-17)23-5-4-18(14-25-23)15-26-24(29)28-11-8-19-12-21(30-2)22(31-3)13-20(19)16-28/h4-5,12-14,17H,6-11,15-16H2,1-3H3,(H,26,29). The van der Waals surface area contributed by atoms with Gasteiger partial charge in [-0.05, 0) is 60.1 Å². The summed E-state index contributed by atoms with van der Waals surface area (Å²) in [7, 11) is 3.27. The van der Waals surface area contributed by atoms with Crippen LogP contribution >= 0.6 is 0 Å². The number of nitrogens with one attached hydrogen (secondary N) is 1. The Hall–Kier alpha value is -2.96. The Morgan fingerprint density at radius 3 is 2.45 bits per heavy atom. The van der Waals surface area contributed by atoms with Crippen LogP contribution in [0.15, 0.2) is 30.5 Å². The van der Waals surface area contributed by atoms with Gasteiger partial charge in [-0.25, -0.2) is 9.78 Å². The first-order valence-corrected chi connectivity index (χ1v) is 11.0. The van der Waals surface area contributed by atoms with Crippen molar-refractivity contribution in [1.29, 1.82) is 0 Å². The summed E-state index contributed by atoms with van der Waals surface area (Å²) in [6, 6.07) is 8.05. The highest BCUT2D eigenvalue weighted by Crippen LogP contribution is 2.33. The molecule has 4 rings (SSSR count). The van der Waals surface area contributed by atoms with Crippen LogP contribution < -0.4 is 19.7 Å². The number of benzene rings is 1. The van der Waals surface area contributed by atoms with E-state index in [4.69, 9.17) is 9.47 Å². The van der Waals surface area contributed by atoms with E-state index in [1.165, 1.54) is 18.4 Å². The molecule has 1 aromatic heterocycles. The number of anilines is 1. The van der Waals surface area contributed by atoms with Crippen molar-refractivity contribution in [3.05, 3.63) is 47.2 Å². The van der Waals surface area contributed by atoms with E-state index in [0.717, 1.165) is 48.1 Å². The third-order valence-electron chi connectivity index (χ3n) is 6.37. The Balaban J connectivity index is 1.32. The highest BCUT2D eigenvalue weighted by atomic mass is 16.5. The number of carbonyl (C=O) groups is 1. The van der Waals surface area contributed by atoms with Crippen LogP contribution in [0.5, 0.6) is 11.5 Å². The number of nitrogens with zero attached hydrogens (tertiary/aromatic N) is 3. The van der Waals surface area contributed by atoms with Crippen LogP contribution in [0.2, 0.25) is 0 Å². The van der Waals surface area contributed by atoms with E-state index < -0.39 is 0 Å². The molecule has 2 amide bonds. The van der Waals surface area contributed by atoms with Gasteiger partial charge in [-0.2, -0.15) is 0 Å². The lowest BCUT2D eigenvalue weighted by Gasteiger charge is -2.31. The second kappa shape index (κ2) is 9.45. The largest absolute Gasteiger partial charge is 0.493 e. The molecule has 0 bridgehead atoms. The molecule has 1 saturated heterocycles. The van der Waals surface area contributed by atoms with Gasteiger partial charge in [-0.1, -0.05) is 13.0 Å². The number of rotatable bonds is 5. The maximum Gasteiger partial charge on any atom is 0.317 e. The van der Waals surface area contributed by atoms with Crippen LogP contribution in [0, 0.1) is 5.92 Å². The SMILES string of the molecule is COc1cc2c(cc1OC)CN(C(=O)NCc1ccc(N3CCC(C)CC3)nc1)CC2. The summed E-state index contributed by atoms with van der Waals surface area (Å²) in [5, 5.41) is 3.03. The summed E-state index contributed by atoms with van der Waals surface area (Å²) in [6.45, 7) is 6.16. The Morgan fingerprint density at radius 2 is 1.81 bits per heavy atom. The molecule has 2 aromatic rings. The molecule has 1 fully saturated rings. The normalized spacial score (nSPS) is 16.6. The van der Waals surface area contributed by atoms with Crippen molar-refractivity contribution < 1.29 is 14.3 Å². The van der Waals surface area contributed by atoms with Crippen molar-refractivity contribution in [3.8, 4) is 11.5 Å². The average molecular weight is 425 g/mol. The van der Waals surface area contributed by atoms with E-state index in [9.17, 15) is 4.79 Å². The van der Waals surface area contributed by atoms with Gasteiger partial charge < -0.3 is 24.6 Å². The number of piperidine rings is 1. The van der Waals surface area contributed by atoms with Crippen LogP contribution in [0.1, 0.15) is 36.5 Å². The summed E-state index contributed by atoms with van der Waals surface area (Å²) in [6.07, 6.45) is 5.11. The molecule has 0 radical (unpaired) electrons. The topological polar surface area (TPSA) is 66.9 Å². The molecule has 1 N–H and O–H groups in total. The molecule has 31 heavy (non-hydrogen) atoms. The van der Waals surface area contributed by atoms with Crippen LogP contribution in [0.25, 0.3) is 0 Å². The van der Waals surface area contributed by atoms with E-state index in [1.54, 1.807) is 14.2 Å². The molecule has 0 aliphatic carbocycles. The van der Waals surface area contributed by atoms with Crippen molar-refractivity contribution in [2.24, 2.45) is 5.92 Å². The van der Waals surface area contributed by atoms with Crippen LogP contribution in [0.4, 0.5) is 10.6 Å². The van der Waals surface area contributed by atoms with Gasteiger partial charge in [0, 0.05) is 38.9 Å². The third kappa shape index (κ3) is 4.86. The van der Waals surface area contributed by atoms with Crippen molar-refractivity contribution in [3.63, 3.8) is 0 Å². The minimum Gasteiger partial charge on any atom is -0.493 e. The van der Waals surface area contributed by atoms with Crippen LogP contribution in [0.3, 0.4) is 0 Å². The zero-order valence-electron chi connectivity index (χ0n) is 18.7. The number of pyridine rings is 1. The van der Waals surface area contributed by atoms with Gasteiger partial charge in [-0.3, -0.25) is 0 Å². The predicted octanol–water partition coefficient (Wildman–Crippen LogP) is 3.60.